The predicted octanol–water partition coefficient (Wildman–Crippen LogP) is 2.14. The summed E-state index contributed by atoms with van der Waals surface area (Å²) in [5.74, 6) is 2.48. The van der Waals surface area contributed by atoms with Crippen molar-refractivity contribution in [3.63, 3.8) is 0 Å². The zero-order chi connectivity index (χ0) is 12.0. The number of carbonyl (C=O) groups excluding carboxylic acids is 1. The molecule has 1 saturated heterocycles. The van der Waals surface area contributed by atoms with Crippen molar-refractivity contribution in [1.29, 1.82) is 0 Å². The van der Waals surface area contributed by atoms with Crippen LogP contribution in [0.3, 0.4) is 0 Å². The van der Waals surface area contributed by atoms with Crippen molar-refractivity contribution in [2.75, 3.05) is 0 Å². The lowest BCUT2D eigenvalue weighted by Gasteiger charge is -2.50. The van der Waals surface area contributed by atoms with Crippen LogP contribution in [-0.2, 0) is 4.79 Å². The van der Waals surface area contributed by atoms with Gasteiger partial charge in [-0.25, -0.2) is 0 Å². The Morgan fingerprint density at radius 1 is 1.06 bits per heavy atom. The van der Waals surface area contributed by atoms with Crippen LogP contribution < -0.4 is 0 Å². The quantitative estimate of drug-likeness (QED) is 0.701. The van der Waals surface area contributed by atoms with Gasteiger partial charge in [-0.2, -0.15) is 0 Å². The summed E-state index contributed by atoms with van der Waals surface area (Å²) in [4.78, 5) is 13.5. The fourth-order valence-corrected chi connectivity index (χ4v) is 4.77. The lowest BCUT2D eigenvalue weighted by atomic mass is 9.67. The van der Waals surface area contributed by atoms with E-state index in [1.54, 1.807) is 11.8 Å². The molecule has 1 heterocycles. The van der Waals surface area contributed by atoms with Gasteiger partial charge in [0.2, 0.25) is 5.91 Å². The maximum Gasteiger partial charge on any atom is 0.221 e. The highest BCUT2D eigenvalue weighted by Crippen LogP contribution is 2.50. The number of piperidine rings is 1. The number of aliphatic hydroxyl groups is 1. The Kier molecular flexibility index (Phi) is 2.89. The van der Waals surface area contributed by atoms with Gasteiger partial charge in [0.15, 0.2) is 0 Å². The van der Waals surface area contributed by atoms with Crippen LogP contribution in [0, 0.1) is 17.8 Å². The lowest BCUT2D eigenvalue weighted by Crippen LogP contribution is -2.56. The summed E-state index contributed by atoms with van der Waals surface area (Å²) in [6, 6.07) is 0.329. The summed E-state index contributed by atoms with van der Waals surface area (Å²) in [7, 11) is 0. The number of fused-ring (bicyclic) bond motifs is 3. The Hall–Kier alpha value is -0.570. The van der Waals surface area contributed by atoms with Crippen LogP contribution in [0.2, 0.25) is 0 Å². The number of hydrogen-bond acceptors (Lipinski definition) is 2. The minimum Gasteiger partial charge on any atom is -0.374 e. The molecular formula is C14H23NO2. The van der Waals surface area contributed by atoms with Crippen LogP contribution in [-0.4, -0.2) is 28.2 Å². The molecule has 17 heavy (non-hydrogen) atoms. The average Bonchev–Trinajstić information content (AvgIpc) is 2.75. The molecular weight excluding hydrogens is 214 g/mol. The SMILES string of the molecule is CC(=O)N1C(O)CCC2C3CCCC3CCC21. The van der Waals surface area contributed by atoms with Gasteiger partial charge in [0.25, 0.3) is 0 Å². The van der Waals surface area contributed by atoms with Crippen molar-refractivity contribution in [2.45, 2.75) is 64.1 Å². The Bertz CT molecular complexity index is 317. The molecule has 0 aromatic heterocycles. The van der Waals surface area contributed by atoms with E-state index in [0.29, 0.717) is 12.0 Å². The van der Waals surface area contributed by atoms with Gasteiger partial charge in [0, 0.05) is 13.0 Å². The summed E-state index contributed by atoms with van der Waals surface area (Å²) >= 11 is 0. The van der Waals surface area contributed by atoms with E-state index in [9.17, 15) is 9.90 Å². The highest BCUT2D eigenvalue weighted by atomic mass is 16.3. The molecule has 3 aliphatic rings. The van der Waals surface area contributed by atoms with Gasteiger partial charge in [-0.15, -0.1) is 0 Å². The van der Waals surface area contributed by atoms with Crippen LogP contribution in [0.25, 0.3) is 0 Å². The van der Waals surface area contributed by atoms with Gasteiger partial charge in [-0.05, 0) is 49.9 Å². The lowest BCUT2D eigenvalue weighted by molar-refractivity contribution is -0.158. The summed E-state index contributed by atoms with van der Waals surface area (Å²) < 4.78 is 0. The molecule has 3 heteroatoms. The molecule has 0 aromatic carbocycles. The standard InChI is InChI=1S/C14H23NO2/c1-9(16)15-13-7-5-10-3-2-4-11(10)12(13)6-8-14(15)17/h10-14,17H,2-8H2,1H3. The molecule has 0 spiro atoms. The maximum atomic E-state index is 11.7. The molecule has 0 aromatic rings. The average molecular weight is 237 g/mol. The molecule has 96 valence electrons. The van der Waals surface area contributed by atoms with Crippen molar-refractivity contribution in [3.8, 4) is 0 Å². The number of amides is 1. The van der Waals surface area contributed by atoms with Crippen LogP contribution in [0.5, 0.6) is 0 Å². The molecule has 5 unspecified atom stereocenters. The second-order valence-corrected chi connectivity index (χ2v) is 6.15. The highest BCUT2D eigenvalue weighted by molar-refractivity contribution is 5.74. The largest absolute Gasteiger partial charge is 0.374 e. The monoisotopic (exact) mass is 237 g/mol. The van der Waals surface area contributed by atoms with E-state index in [4.69, 9.17) is 0 Å². The highest BCUT2D eigenvalue weighted by Gasteiger charge is 2.47. The van der Waals surface area contributed by atoms with Gasteiger partial charge in [0.05, 0.1) is 0 Å². The first-order valence-electron chi connectivity index (χ1n) is 7.15. The fraction of sp³-hybridized carbons (Fsp3) is 0.929. The van der Waals surface area contributed by atoms with Crippen molar-refractivity contribution in [1.82, 2.24) is 4.90 Å². The number of aliphatic hydroxyl groups excluding tert-OH is 1. The Morgan fingerprint density at radius 3 is 2.65 bits per heavy atom. The van der Waals surface area contributed by atoms with Gasteiger partial charge >= 0.3 is 0 Å². The third kappa shape index (κ3) is 1.79. The number of likely N-dealkylation sites (tertiary alicyclic amines) is 1. The molecule has 3 nitrogen and oxygen atoms in total. The van der Waals surface area contributed by atoms with E-state index >= 15 is 0 Å². The van der Waals surface area contributed by atoms with Gasteiger partial charge in [0.1, 0.15) is 6.23 Å². The zero-order valence-electron chi connectivity index (χ0n) is 10.6. The van der Waals surface area contributed by atoms with E-state index in [1.807, 2.05) is 0 Å². The first-order chi connectivity index (χ1) is 8.18. The van der Waals surface area contributed by atoms with Crippen LogP contribution >= 0.6 is 0 Å². The van der Waals surface area contributed by atoms with E-state index in [1.165, 1.54) is 25.7 Å². The second kappa shape index (κ2) is 4.27. The summed E-state index contributed by atoms with van der Waals surface area (Å²) in [5.41, 5.74) is 0. The molecule has 1 amide bonds. The number of hydrogen-bond donors (Lipinski definition) is 1. The smallest absolute Gasteiger partial charge is 0.221 e. The topological polar surface area (TPSA) is 40.5 Å². The molecule has 2 saturated carbocycles. The normalized spacial score (nSPS) is 45.3. The van der Waals surface area contributed by atoms with Crippen LogP contribution in [0.15, 0.2) is 0 Å². The van der Waals surface area contributed by atoms with Crippen molar-refractivity contribution >= 4 is 5.91 Å². The molecule has 1 N–H and O–H groups in total. The predicted molar refractivity (Wildman–Crippen MR) is 65.1 cm³/mol. The third-order valence-corrected chi connectivity index (χ3v) is 5.40. The first-order valence-corrected chi connectivity index (χ1v) is 7.15. The molecule has 0 bridgehead atoms. The number of carbonyl (C=O) groups is 1. The summed E-state index contributed by atoms with van der Waals surface area (Å²) in [5, 5.41) is 10.0. The van der Waals surface area contributed by atoms with Gasteiger partial charge in [-0.3, -0.25) is 4.79 Å². The molecule has 3 fully saturated rings. The Morgan fingerprint density at radius 2 is 1.88 bits per heavy atom. The van der Waals surface area contributed by atoms with E-state index in [0.717, 1.165) is 31.1 Å². The molecule has 3 rings (SSSR count). The minimum atomic E-state index is -0.522. The fourth-order valence-electron chi connectivity index (χ4n) is 4.77. The first kappa shape index (κ1) is 11.5. The maximum absolute atomic E-state index is 11.7. The van der Waals surface area contributed by atoms with Gasteiger partial charge in [-0.1, -0.05) is 12.8 Å². The third-order valence-electron chi connectivity index (χ3n) is 5.40. The zero-order valence-corrected chi connectivity index (χ0v) is 10.6. The minimum absolute atomic E-state index is 0.0589. The molecule has 1 aliphatic heterocycles. The van der Waals surface area contributed by atoms with Crippen molar-refractivity contribution in [3.05, 3.63) is 0 Å². The Labute approximate surface area is 103 Å². The van der Waals surface area contributed by atoms with Crippen LogP contribution in [0.4, 0.5) is 0 Å². The Balaban J connectivity index is 1.83. The van der Waals surface area contributed by atoms with E-state index in [-0.39, 0.29) is 5.91 Å². The van der Waals surface area contributed by atoms with Crippen LogP contribution in [0.1, 0.15) is 51.9 Å². The number of rotatable bonds is 0. The molecule has 2 aliphatic carbocycles. The van der Waals surface area contributed by atoms with Gasteiger partial charge < -0.3 is 10.0 Å². The second-order valence-electron chi connectivity index (χ2n) is 6.15. The van der Waals surface area contributed by atoms with E-state index < -0.39 is 6.23 Å². The van der Waals surface area contributed by atoms with Crippen molar-refractivity contribution < 1.29 is 9.90 Å². The molecule has 5 atom stereocenters. The summed E-state index contributed by atoms with van der Waals surface area (Å²) in [6.45, 7) is 1.60. The molecule has 0 radical (unpaired) electrons. The summed E-state index contributed by atoms with van der Waals surface area (Å²) in [6.07, 6.45) is 7.89. The van der Waals surface area contributed by atoms with Crippen molar-refractivity contribution in [2.24, 2.45) is 17.8 Å². The number of nitrogens with zero attached hydrogens (tertiary/aromatic N) is 1. The van der Waals surface area contributed by atoms with E-state index in [2.05, 4.69) is 0 Å².